The molecule has 37 heavy (non-hydrogen) atoms. The maximum absolute atomic E-state index is 13.4. The Balaban J connectivity index is 1.89. The van der Waals surface area contributed by atoms with E-state index in [2.05, 4.69) is 10.6 Å². The Labute approximate surface area is 217 Å². The second kappa shape index (κ2) is 13.9. The number of aliphatic carboxylic acids is 1. The number of carboxylic acids is 1. The molecule has 1 aliphatic heterocycles. The molecule has 0 aromatic heterocycles. The summed E-state index contributed by atoms with van der Waals surface area (Å²) in [5.41, 5.74) is 1.70. The predicted molar refractivity (Wildman–Crippen MR) is 139 cm³/mol. The molecule has 1 fully saturated rings. The van der Waals surface area contributed by atoms with Crippen LogP contribution in [0.25, 0.3) is 0 Å². The van der Waals surface area contributed by atoms with E-state index in [-0.39, 0.29) is 29.8 Å². The molecule has 0 spiro atoms. The summed E-state index contributed by atoms with van der Waals surface area (Å²) in [6.07, 6.45) is 1.18. The van der Waals surface area contributed by atoms with Gasteiger partial charge in [-0.05, 0) is 29.9 Å². The molecule has 1 saturated heterocycles. The number of carbonyl (C=O) groups excluding carboxylic acids is 1. The Bertz CT molecular complexity index is 1020. The molecule has 3 rings (SSSR count). The summed E-state index contributed by atoms with van der Waals surface area (Å²) in [5.74, 6) is -1.95. The lowest BCUT2D eigenvalue weighted by Gasteiger charge is -2.32. The van der Waals surface area contributed by atoms with Gasteiger partial charge in [0.2, 0.25) is 11.9 Å². The number of unbranched alkanes of at least 4 members (excludes halogenated alkanes) is 1. The number of ether oxygens (including phenoxy) is 1. The molecule has 9 nitrogen and oxygen atoms in total. The highest BCUT2D eigenvalue weighted by Crippen LogP contribution is 2.39. The lowest BCUT2D eigenvalue weighted by Crippen LogP contribution is -2.51. The SMILES string of the molecule is CC[C@H](C)C(OCc1ccccc1)C1C(C(=O)NCCCCC(=O)O)NC(c2ccccc2)C1[N+](=O)[O-]. The molecule has 0 bridgehead atoms. The van der Waals surface area contributed by atoms with Crippen LogP contribution in [0.15, 0.2) is 60.7 Å². The van der Waals surface area contributed by atoms with Crippen molar-refractivity contribution in [3.8, 4) is 0 Å². The first-order valence-corrected chi connectivity index (χ1v) is 12.9. The summed E-state index contributed by atoms with van der Waals surface area (Å²) >= 11 is 0. The Morgan fingerprint density at radius 2 is 1.76 bits per heavy atom. The maximum Gasteiger partial charge on any atom is 0.303 e. The number of rotatable bonds is 14. The molecule has 1 amide bonds. The van der Waals surface area contributed by atoms with Crippen LogP contribution in [0.1, 0.15) is 56.7 Å². The van der Waals surface area contributed by atoms with E-state index in [1.807, 2.05) is 74.5 Å². The summed E-state index contributed by atoms with van der Waals surface area (Å²) in [6, 6.07) is 16.3. The standard InChI is InChI=1S/C28H37N3O6/c1-3-19(2)27(37-18-20-12-6-4-7-13-20)23-25(28(34)29-17-11-10-16-22(32)33)30-24(26(23)31(35)36)21-14-8-5-9-15-21/h4-9,12-15,19,23-27,30H,3,10-11,16-18H2,1-2H3,(H,29,34)(H,32,33)/t19-,23?,24?,25?,26?,27?/m0/s1. The highest BCUT2D eigenvalue weighted by molar-refractivity contribution is 5.83. The largest absolute Gasteiger partial charge is 0.481 e. The Morgan fingerprint density at radius 1 is 1.11 bits per heavy atom. The lowest BCUT2D eigenvalue weighted by molar-refractivity contribution is -0.535. The highest BCUT2D eigenvalue weighted by atomic mass is 16.6. The number of nitrogens with one attached hydrogen (secondary N) is 2. The van der Waals surface area contributed by atoms with Crippen molar-refractivity contribution in [3.05, 3.63) is 81.9 Å². The summed E-state index contributed by atoms with van der Waals surface area (Å²) in [7, 11) is 0. The smallest absolute Gasteiger partial charge is 0.303 e. The van der Waals surface area contributed by atoms with Gasteiger partial charge >= 0.3 is 5.97 Å². The van der Waals surface area contributed by atoms with Crippen molar-refractivity contribution in [1.82, 2.24) is 10.6 Å². The molecular formula is C28H37N3O6. The third-order valence-electron chi connectivity index (χ3n) is 7.15. The summed E-state index contributed by atoms with van der Waals surface area (Å²) in [4.78, 5) is 36.5. The van der Waals surface area contributed by atoms with Crippen molar-refractivity contribution < 1.29 is 24.4 Å². The van der Waals surface area contributed by atoms with Gasteiger partial charge in [0, 0.05) is 17.9 Å². The molecule has 2 aromatic rings. The van der Waals surface area contributed by atoms with Gasteiger partial charge in [-0.2, -0.15) is 0 Å². The van der Waals surface area contributed by atoms with E-state index in [0.29, 0.717) is 19.4 Å². The first-order valence-electron chi connectivity index (χ1n) is 12.9. The first kappa shape index (κ1) is 28.3. The number of carboxylic acid groups (broad SMARTS) is 1. The van der Waals surface area contributed by atoms with Crippen LogP contribution < -0.4 is 10.6 Å². The van der Waals surface area contributed by atoms with Crippen LogP contribution in [0, 0.1) is 22.0 Å². The van der Waals surface area contributed by atoms with Crippen molar-refractivity contribution >= 4 is 11.9 Å². The third-order valence-corrected chi connectivity index (χ3v) is 7.15. The summed E-state index contributed by atoms with van der Waals surface area (Å²) in [5, 5.41) is 27.5. The zero-order chi connectivity index (χ0) is 26.8. The topological polar surface area (TPSA) is 131 Å². The van der Waals surface area contributed by atoms with E-state index >= 15 is 0 Å². The van der Waals surface area contributed by atoms with E-state index in [1.54, 1.807) is 0 Å². The van der Waals surface area contributed by atoms with E-state index < -0.39 is 36.1 Å². The normalized spacial score (nSPS) is 22.8. The highest BCUT2D eigenvalue weighted by Gasteiger charge is 2.57. The molecule has 0 aliphatic carbocycles. The van der Waals surface area contributed by atoms with Crippen molar-refractivity contribution in [2.75, 3.05) is 6.54 Å². The van der Waals surface area contributed by atoms with Crippen LogP contribution in [-0.2, 0) is 20.9 Å². The molecule has 2 aromatic carbocycles. The van der Waals surface area contributed by atoms with Gasteiger partial charge in [-0.3, -0.25) is 25.0 Å². The average molecular weight is 512 g/mol. The summed E-state index contributed by atoms with van der Waals surface area (Å²) in [6.45, 7) is 4.61. The van der Waals surface area contributed by atoms with E-state index in [0.717, 1.165) is 17.5 Å². The molecule has 6 atom stereocenters. The van der Waals surface area contributed by atoms with Gasteiger partial charge in [0.1, 0.15) is 6.04 Å². The van der Waals surface area contributed by atoms with E-state index in [1.165, 1.54) is 0 Å². The number of carbonyl (C=O) groups is 2. The minimum Gasteiger partial charge on any atom is -0.481 e. The Hall–Kier alpha value is -3.30. The van der Waals surface area contributed by atoms with Gasteiger partial charge < -0.3 is 15.2 Å². The zero-order valence-electron chi connectivity index (χ0n) is 21.4. The van der Waals surface area contributed by atoms with Crippen LogP contribution >= 0.6 is 0 Å². The Kier molecular flexibility index (Phi) is 10.6. The lowest BCUT2D eigenvalue weighted by atomic mass is 9.80. The minimum atomic E-state index is -1.07. The molecule has 1 aliphatic rings. The maximum atomic E-state index is 13.4. The van der Waals surface area contributed by atoms with Gasteiger partial charge in [0.05, 0.1) is 24.7 Å². The molecule has 0 radical (unpaired) electrons. The predicted octanol–water partition coefficient (Wildman–Crippen LogP) is 3.96. The van der Waals surface area contributed by atoms with Gasteiger partial charge in [0.25, 0.3) is 0 Å². The molecule has 1 heterocycles. The number of nitro groups is 1. The molecule has 9 heteroatoms. The second-order valence-corrected chi connectivity index (χ2v) is 9.67. The molecule has 5 unspecified atom stereocenters. The van der Waals surface area contributed by atoms with E-state index in [9.17, 15) is 19.7 Å². The van der Waals surface area contributed by atoms with Crippen molar-refractivity contribution in [1.29, 1.82) is 0 Å². The number of hydrogen-bond donors (Lipinski definition) is 3. The third kappa shape index (κ3) is 7.60. The van der Waals surface area contributed by atoms with Crippen LogP contribution in [-0.4, -0.2) is 46.6 Å². The molecule has 3 N–H and O–H groups in total. The monoisotopic (exact) mass is 511 g/mol. The van der Waals surface area contributed by atoms with E-state index in [4.69, 9.17) is 9.84 Å². The number of hydrogen-bond acceptors (Lipinski definition) is 6. The van der Waals surface area contributed by atoms with Crippen LogP contribution in [0.5, 0.6) is 0 Å². The van der Waals surface area contributed by atoms with Crippen molar-refractivity contribution in [2.24, 2.45) is 11.8 Å². The summed E-state index contributed by atoms with van der Waals surface area (Å²) < 4.78 is 6.39. The van der Waals surface area contributed by atoms with Crippen LogP contribution in [0.4, 0.5) is 0 Å². The second-order valence-electron chi connectivity index (χ2n) is 9.67. The van der Waals surface area contributed by atoms with Gasteiger partial charge in [-0.15, -0.1) is 0 Å². The fourth-order valence-corrected chi connectivity index (χ4v) is 5.05. The molecular weight excluding hydrogens is 474 g/mol. The number of amides is 1. The van der Waals surface area contributed by atoms with Crippen LogP contribution in [0.2, 0.25) is 0 Å². The molecule has 0 saturated carbocycles. The van der Waals surface area contributed by atoms with Crippen LogP contribution in [0.3, 0.4) is 0 Å². The van der Waals surface area contributed by atoms with Gasteiger partial charge in [-0.25, -0.2) is 0 Å². The van der Waals surface area contributed by atoms with Crippen molar-refractivity contribution in [2.45, 2.75) is 70.4 Å². The number of benzene rings is 2. The molecule has 200 valence electrons. The Morgan fingerprint density at radius 3 is 2.35 bits per heavy atom. The van der Waals surface area contributed by atoms with Crippen molar-refractivity contribution in [3.63, 3.8) is 0 Å². The minimum absolute atomic E-state index is 0.0293. The van der Waals surface area contributed by atoms with Gasteiger partial charge in [0.15, 0.2) is 0 Å². The quantitative estimate of drug-likeness (QED) is 0.199. The average Bonchev–Trinajstić information content (AvgIpc) is 3.30. The fourth-order valence-electron chi connectivity index (χ4n) is 5.05. The van der Waals surface area contributed by atoms with Gasteiger partial charge in [-0.1, -0.05) is 80.9 Å². The number of nitrogens with zero attached hydrogens (tertiary/aromatic N) is 1. The first-order chi connectivity index (χ1) is 17.8. The fraction of sp³-hybridized carbons (Fsp3) is 0.500. The zero-order valence-corrected chi connectivity index (χ0v) is 21.4.